The molecule has 0 aromatic carbocycles. The summed E-state index contributed by atoms with van der Waals surface area (Å²) in [5, 5.41) is 13.3. The zero-order valence-corrected chi connectivity index (χ0v) is 10.3. The summed E-state index contributed by atoms with van der Waals surface area (Å²) >= 11 is 2.24. The van der Waals surface area contributed by atoms with Crippen molar-refractivity contribution in [1.29, 1.82) is 0 Å². The molecular formula is C9H7N3O3S2. The van der Waals surface area contributed by atoms with Crippen LogP contribution in [0.2, 0.25) is 0 Å². The van der Waals surface area contributed by atoms with Crippen molar-refractivity contribution in [2.24, 2.45) is 0 Å². The van der Waals surface area contributed by atoms with Gasteiger partial charge in [0.15, 0.2) is 0 Å². The summed E-state index contributed by atoms with van der Waals surface area (Å²) in [6.45, 7) is 1.58. The molecule has 2 rings (SSSR count). The number of hydrogen-bond acceptors (Lipinski definition) is 6. The minimum atomic E-state index is -1.11. The molecule has 0 aliphatic carbocycles. The molecule has 0 aliphatic heterocycles. The summed E-state index contributed by atoms with van der Waals surface area (Å²) in [7, 11) is 0. The van der Waals surface area contributed by atoms with Crippen LogP contribution in [0.25, 0.3) is 0 Å². The second kappa shape index (κ2) is 4.60. The normalized spacial score (nSPS) is 10.2. The van der Waals surface area contributed by atoms with Crippen LogP contribution in [0, 0.1) is 6.92 Å². The highest BCUT2D eigenvalue weighted by molar-refractivity contribution is 7.11. The lowest BCUT2D eigenvalue weighted by Gasteiger charge is -2.00. The zero-order chi connectivity index (χ0) is 12.4. The molecule has 2 aromatic rings. The van der Waals surface area contributed by atoms with Gasteiger partial charge in [-0.1, -0.05) is 0 Å². The Labute approximate surface area is 104 Å². The molecule has 6 nitrogen and oxygen atoms in total. The lowest BCUT2D eigenvalue weighted by molar-refractivity contribution is 0.0697. The molecule has 8 heteroatoms. The van der Waals surface area contributed by atoms with Gasteiger partial charge in [0.05, 0.1) is 11.2 Å². The number of aromatic carboxylic acids is 1. The SMILES string of the molecule is Cc1nsc(NC(=O)c2cscn2)c1C(=O)O. The zero-order valence-electron chi connectivity index (χ0n) is 8.63. The van der Waals surface area contributed by atoms with E-state index in [1.54, 1.807) is 12.3 Å². The van der Waals surface area contributed by atoms with E-state index in [0.717, 1.165) is 11.5 Å². The Kier molecular flexibility index (Phi) is 3.16. The Balaban J connectivity index is 2.25. The fourth-order valence-corrected chi connectivity index (χ4v) is 2.51. The second-order valence-electron chi connectivity index (χ2n) is 3.11. The van der Waals surface area contributed by atoms with E-state index in [1.807, 2.05) is 0 Å². The van der Waals surface area contributed by atoms with Gasteiger partial charge in [-0.3, -0.25) is 4.79 Å². The number of aromatic nitrogens is 2. The Hall–Kier alpha value is -1.80. The number of amides is 1. The molecule has 2 aromatic heterocycles. The van der Waals surface area contributed by atoms with Crippen LogP contribution >= 0.6 is 22.9 Å². The molecule has 0 saturated carbocycles. The maximum absolute atomic E-state index is 11.7. The van der Waals surface area contributed by atoms with E-state index in [-0.39, 0.29) is 16.3 Å². The van der Waals surface area contributed by atoms with E-state index in [4.69, 9.17) is 5.11 Å². The Morgan fingerprint density at radius 3 is 2.82 bits per heavy atom. The highest BCUT2D eigenvalue weighted by Gasteiger charge is 2.20. The van der Waals surface area contributed by atoms with Gasteiger partial charge in [0, 0.05) is 5.38 Å². The molecule has 0 bridgehead atoms. The van der Waals surface area contributed by atoms with E-state index in [1.165, 1.54) is 16.8 Å². The molecule has 17 heavy (non-hydrogen) atoms. The van der Waals surface area contributed by atoms with Crippen molar-refractivity contribution in [2.75, 3.05) is 5.32 Å². The lowest BCUT2D eigenvalue weighted by Crippen LogP contribution is -2.13. The van der Waals surface area contributed by atoms with Gasteiger partial charge in [0.25, 0.3) is 5.91 Å². The van der Waals surface area contributed by atoms with Crippen LogP contribution in [0.3, 0.4) is 0 Å². The summed E-state index contributed by atoms with van der Waals surface area (Å²) in [5.74, 6) is -1.54. The summed E-state index contributed by atoms with van der Waals surface area (Å²) in [6.07, 6.45) is 0. The molecule has 1 amide bonds. The highest BCUT2D eigenvalue weighted by Crippen LogP contribution is 2.24. The van der Waals surface area contributed by atoms with Gasteiger partial charge in [0.2, 0.25) is 0 Å². The number of carbonyl (C=O) groups is 2. The summed E-state index contributed by atoms with van der Waals surface area (Å²) in [6, 6.07) is 0. The third-order valence-electron chi connectivity index (χ3n) is 1.97. The molecule has 0 spiro atoms. The molecule has 2 heterocycles. The van der Waals surface area contributed by atoms with E-state index >= 15 is 0 Å². The smallest absolute Gasteiger partial charge is 0.340 e. The number of aryl methyl sites for hydroxylation is 1. The minimum absolute atomic E-state index is 0.0265. The van der Waals surface area contributed by atoms with Crippen LogP contribution in [-0.4, -0.2) is 26.3 Å². The van der Waals surface area contributed by atoms with Crippen molar-refractivity contribution in [1.82, 2.24) is 9.36 Å². The highest BCUT2D eigenvalue weighted by atomic mass is 32.1. The first-order chi connectivity index (χ1) is 8.09. The van der Waals surface area contributed by atoms with Gasteiger partial charge in [-0.05, 0) is 18.5 Å². The molecule has 0 fully saturated rings. The van der Waals surface area contributed by atoms with Crippen molar-refractivity contribution in [3.8, 4) is 0 Å². The van der Waals surface area contributed by atoms with Crippen molar-refractivity contribution < 1.29 is 14.7 Å². The topological polar surface area (TPSA) is 92.2 Å². The second-order valence-corrected chi connectivity index (χ2v) is 4.60. The molecular weight excluding hydrogens is 262 g/mol. The quantitative estimate of drug-likeness (QED) is 0.887. The van der Waals surface area contributed by atoms with Crippen molar-refractivity contribution in [3.05, 3.63) is 27.8 Å². The number of carboxylic acids is 1. The van der Waals surface area contributed by atoms with Crippen LogP contribution < -0.4 is 5.32 Å². The molecule has 0 unspecified atom stereocenters. The number of hydrogen-bond donors (Lipinski definition) is 2. The minimum Gasteiger partial charge on any atom is -0.478 e. The van der Waals surface area contributed by atoms with Crippen molar-refractivity contribution >= 4 is 39.7 Å². The van der Waals surface area contributed by atoms with Crippen LogP contribution in [0.15, 0.2) is 10.9 Å². The Morgan fingerprint density at radius 1 is 1.47 bits per heavy atom. The number of anilines is 1. The molecule has 2 N–H and O–H groups in total. The average molecular weight is 269 g/mol. The summed E-state index contributed by atoms with van der Waals surface area (Å²) < 4.78 is 3.90. The molecule has 88 valence electrons. The Morgan fingerprint density at radius 2 is 2.24 bits per heavy atom. The third kappa shape index (κ3) is 2.32. The first kappa shape index (κ1) is 11.7. The molecule has 0 atom stereocenters. The number of nitrogens with zero attached hydrogens (tertiary/aromatic N) is 2. The van der Waals surface area contributed by atoms with Gasteiger partial charge in [-0.25, -0.2) is 9.78 Å². The third-order valence-corrected chi connectivity index (χ3v) is 3.41. The monoisotopic (exact) mass is 269 g/mol. The maximum Gasteiger partial charge on any atom is 0.340 e. The maximum atomic E-state index is 11.7. The number of carbonyl (C=O) groups excluding carboxylic acids is 1. The van der Waals surface area contributed by atoms with Crippen LogP contribution in [-0.2, 0) is 0 Å². The van der Waals surface area contributed by atoms with Crippen LogP contribution in [0.5, 0.6) is 0 Å². The number of carboxylic acid groups (broad SMARTS) is 1. The fraction of sp³-hybridized carbons (Fsp3) is 0.111. The Bertz CT molecular complexity index is 562. The molecule has 0 radical (unpaired) electrons. The van der Waals surface area contributed by atoms with Gasteiger partial charge < -0.3 is 10.4 Å². The largest absolute Gasteiger partial charge is 0.478 e. The van der Waals surface area contributed by atoms with Gasteiger partial charge in [-0.15, -0.1) is 11.3 Å². The number of nitrogens with one attached hydrogen (secondary N) is 1. The van der Waals surface area contributed by atoms with E-state index in [9.17, 15) is 9.59 Å². The van der Waals surface area contributed by atoms with Gasteiger partial charge >= 0.3 is 5.97 Å². The lowest BCUT2D eigenvalue weighted by atomic mass is 10.2. The van der Waals surface area contributed by atoms with Crippen molar-refractivity contribution in [3.63, 3.8) is 0 Å². The first-order valence-corrected chi connectivity index (χ1v) is 6.20. The summed E-state index contributed by atoms with van der Waals surface area (Å²) in [4.78, 5) is 26.5. The van der Waals surface area contributed by atoms with Crippen LogP contribution in [0.1, 0.15) is 26.5 Å². The van der Waals surface area contributed by atoms with Gasteiger partial charge in [-0.2, -0.15) is 4.37 Å². The standard InChI is InChI=1S/C9H7N3O3S2/c1-4-6(9(14)15)8(17-12-4)11-7(13)5-2-16-3-10-5/h2-3H,1H3,(H,11,13)(H,14,15). The van der Waals surface area contributed by atoms with Gasteiger partial charge in [0.1, 0.15) is 16.3 Å². The number of rotatable bonds is 3. The molecule has 0 aliphatic rings. The van der Waals surface area contributed by atoms with E-state index < -0.39 is 11.9 Å². The fourth-order valence-electron chi connectivity index (χ4n) is 1.20. The van der Waals surface area contributed by atoms with Crippen molar-refractivity contribution in [2.45, 2.75) is 6.92 Å². The predicted octanol–water partition coefficient (Wildman–Crippen LogP) is 1.86. The van der Waals surface area contributed by atoms with E-state index in [2.05, 4.69) is 14.7 Å². The molecule has 0 saturated heterocycles. The average Bonchev–Trinajstić information content (AvgIpc) is 2.87. The summed E-state index contributed by atoms with van der Waals surface area (Å²) in [5.41, 5.74) is 2.21. The van der Waals surface area contributed by atoms with Crippen LogP contribution in [0.4, 0.5) is 5.00 Å². The predicted molar refractivity (Wildman–Crippen MR) is 63.9 cm³/mol. The first-order valence-electron chi connectivity index (χ1n) is 4.48. The van der Waals surface area contributed by atoms with E-state index in [0.29, 0.717) is 5.69 Å². The number of thiazole rings is 1.